The summed E-state index contributed by atoms with van der Waals surface area (Å²) in [6.45, 7) is 0.574. The highest BCUT2D eigenvalue weighted by Crippen LogP contribution is 2.37. The first-order valence-electron chi connectivity index (χ1n) is 7.07. The number of hydrogen-bond donors (Lipinski definition) is 2. The van der Waals surface area contributed by atoms with Crippen molar-refractivity contribution >= 4 is 17.2 Å². The van der Waals surface area contributed by atoms with Crippen LogP contribution in [-0.2, 0) is 6.54 Å². The number of thiocarbonyl (C=S) groups is 1. The minimum Gasteiger partial charge on any atom is -0.393 e. The number of benzene rings is 1. The first-order chi connectivity index (χ1) is 9.56. The number of hydrogen-bond acceptors (Lipinski definition) is 3. The van der Waals surface area contributed by atoms with Crippen molar-refractivity contribution in [2.24, 2.45) is 5.73 Å². The van der Waals surface area contributed by atoms with E-state index in [1.165, 1.54) is 0 Å². The van der Waals surface area contributed by atoms with Gasteiger partial charge in [-0.3, -0.25) is 4.90 Å². The molecule has 108 valence electrons. The number of halogens is 1. The normalized spacial score (nSPS) is 29.6. The molecule has 0 saturated carbocycles. The van der Waals surface area contributed by atoms with Crippen molar-refractivity contribution in [2.45, 2.75) is 50.4 Å². The van der Waals surface area contributed by atoms with Crippen LogP contribution in [0, 0.1) is 5.82 Å². The van der Waals surface area contributed by atoms with Crippen LogP contribution in [0.15, 0.2) is 18.2 Å². The van der Waals surface area contributed by atoms with E-state index in [2.05, 4.69) is 4.90 Å². The van der Waals surface area contributed by atoms with Crippen LogP contribution in [0.2, 0.25) is 0 Å². The van der Waals surface area contributed by atoms with Gasteiger partial charge in [0, 0.05) is 29.8 Å². The number of aliphatic hydroxyl groups excluding tert-OH is 1. The predicted octanol–water partition coefficient (Wildman–Crippen LogP) is 1.95. The summed E-state index contributed by atoms with van der Waals surface area (Å²) in [7, 11) is 0. The largest absolute Gasteiger partial charge is 0.393 e. The average Bonchev–Trinajstić information content (AvgIpc) is 2.64. The molecule has 3 nitrogen and oxygen atoms in total. The monoisotopic (exact) mass is 294 g/mol. The summed E-state index contributed by atoms with van der Waals surface area (Å²) < 4.78 is 14.4. The van der Waals surface area contributed by atoms with Crippen molar-refractivity contribution in [3.05, 3.63) is 35.1 Å². The highest BCUT2D eigenvalue weighted by molar-refractivity contribution is 7.80. The molecule has 2 aliphatic rings. The molecule has 3 N–H and O–H groups in total. The number of nitrogens with two attached hydrogens (primary N) is 1. The summed E-state index contributed by atoms with van der Waals surface area (Å²) in [5.41, 5.74) is 6.51. The molecule has 2 saturated heterocycles. The lowest BCUT2D eigenvalue weighted by molar-refractivity contribution is 0.0305. The second-order valence-electron chi connectivity index (χ2n) is 5.83. The molecule has 5 heteroatoms. The topological polar surface area (TPSA) is 49.5 Å². The molecule has 0 aromatic heterocycles. The van der Waals surface area contributed by atoms with Crippen molar-refractivity contribution in [1.29, 1.82) is 0 Å². The van der Waals surface area contributed by atoms with Crippen LogP contribution < -0.4 is 5.73 Å². The lowest BCUT2D eigenvalue weighted by Crippen LogP contribution is -2.44. The van der Waals surface area contributed by atoms with E-state index >= 15 is 0 Å². The molecule has 2 fully saturated rings. The quantitative estimate of drug-likeness (QED) is 0.837. The highest BCUT2D eigenvalue weighted by atomic mass is 32.1. The average molecular weight is 294 g/mol. The molecule has 0 aliphatic carbocycles. The summed E-state index contributed by atoms with van der Waals surface area (Å²) in [6, 6.07) is 5.96. The minimum atomic E-state index is -0.300. The second-order valence-corrected chi connectivity index (χ2v) is 6.27. The Labute approximate surface area is 123 Å². The molecule has 0 spiro atoms. The van der Waals surface area contributed by atoms with E-state index in [9.17, 15) is 9.50 Å². The molecule has 1 aromatic carbocycles. The van der Waals surface area contributed by atoms with Crippen LogP contribution >= 0.6 is 12.2 Å². The van der Waals surface area contributed by atoms with E-state index in [0.717, 1.165) is 25.7 Å². The van der Waals surface area contributed by atoms with E-state index in [-0.39, 0.29) is 16.9 Å². The van der Waals surface area contributed by atoms with Crippen LogP contribution in [0.1, 0.15) is 36.8 Å². The van der Waals surface area contributed by atoms with Crippen LogP contribution in [0.5, 0.6) is 0 Å². The summed E-state index contributed by atoms with van der Waals surface area (Å²) >= 11 is 4.88. The molecule has 2 bridgehead atoms. The Morgan fingerprint density at radius 3 is 2.60 bits per heavy atom. The van der Waals surface area contributed by atoms with Crippen molar-refractivity contribution in [2.75, 3.05) is 0 Å². The van der Waals surface area contributed by atoms with E-state index < -0.39 is 0 Å². The fourth-order valence-corrected chi connectivity index (χ4v) is 3.75. The third kappa shape index (κ3) is 2.45. The molecule has 0 amide bonds. The Morgan fingerprint density at radius 2 is 2.00 bits per heavy atom. The zero-order valence-electron chi connectivity index (χ0n) is 11.3. The van der Waals surface area contributed by atoms with Crippen LogP contribution in [0.4, 0.5) is 4.39 Å². The third-order valence-corrected chi connectivity index (χ3v) is 4.78. The number of nitrogens with zero attached hydrogens (tertiary/aromatic N) is 1. The minimum absolute atomic E-state index is 0.0985. The molecule has 2 atom stereocenters. The fourth-order valence-electron chi connectivity index (χ4n) is 3.59. The Morgan fingerprint density at radius 1 is 1.35 bits per heavy atom. The predicted molar refractivity (Wildman–Crippen MR) is 79.9 cm³/mol. The maximum atomic E-state index is 14.4. The van der Waals surface area contributed by atoms with Gasteiger partial charge < -0.3 is 10.8 Å². The van der Waals surface area contributed by atoms with Gasteiger partial charge in [0.15, 0.2) is 0 Å². The van der Waals surface area contributed by atoms with Crippen molar-refractivity contribution in [3.8, 4) is 0 Å². The van der Waals surface area contributed by atoms with Crippen molar-refractivity contribution in [1.82, 2.24) is 4.90 Å². The lowest BCUT2D eigenvalue weighted by atomic mass is 9.98. The molecule has 0 radical (unpaired) electrons. The highest BCUT2D eigenvalue weighted by Gasteiger charge is 2.40. The second kappa shape index (κ2) is 5.39. The summed E-state index contributed by atoms with van der Waals surface area (Å²) in [5.74, 6) is -0.300. The van der Waals surface area contributed by atoms with Gasteiger partial charge in [-0.25, -0.2) is 4.39 Å². The molecule has 2 unspecified atom stereocenters. The fraction of sp³-hybridized carbons (Fsp3) is 0.533. The lowest BCUT2D eigenvalue weighted by Gasteiger charge is -2.37. The van der Waals surface area contributed by atoms with E-state index in [4.69, 9.17) is 18.0 Å². The van der Waals surface area contributed by atoms with Gasteiger partial charge in [-0.1, -0.05) is 24.4 Å². The van der Waals surface area contributed by atoms with Crippen LogP contribution in [-0.4, -0.2) is 33.2 Å². The Hall–Kier alpha value is -1.04. The third-order valence-electron chi connectivity index (χ3n) is 4.56. The van der Waals surface area contributed by atoms with E-state index in [1.807, 2.05) is 0 Å². The smallest absolute Gasteiger partial charge is 0.137 e. The van der Waals surface area contributed by atoms with Crippen LogP contribution in [0.3, 0.4) is 0 Å². The number of fused-ring (bicyclic) bond motifs is 2. The number of rotatable bonds is 3. The Kier molecular flexibility index (Phi) is 3.75. The molecular weight excluding hydrogens is 275 g/mol. The van der Waals surface area contributed by atoms with Crippen LogP contribution in [0.25, 0.3) is 0 Å². The van der Waals surface area contributed by atoms with Gasteiger partial charge in [0.2, 0.25) is 0 Å². The van der Waals surface area contributed by atoms with Gasteiger partial charge in [-0.15, -0.1) is 0 Å². The van der Waals surface area contributed by atoms with Gasteiger partial charge in [0.05, 0.1) is 6.10 Å². The SMILES string of the molecule is NC(=S)c1cccc(CN2C3CCC2CC(O)C3)c1F. The van der Waals surface area contributed by atoms with Crippen molar-refractivity contribution < 1.29 is 9.50 Å². The van der Waals surface area contributed by atoms with Gasteiger partial charge in [0.25, 0.3) is 0 Å². The summed E-state index contributed by atoms with van der Waals surface area (Å²) in [4.78, 5) is 2.43. The Balaban J connectivity index is 1.82. The first-order valence-corrected chi connectivity index (χ1v) is 7.48. The van der Waals surface area contributed by atoms with E-state index in [0.29, 0.717) is 29.8 Å². The van der Waals surface area contributed by atoms with Crippen molar-refractivity contribution in [3.63, 3.8) is 0 Å². The van der Waals surface area contributed by atoms with Gasteiger partial charge >= 0.3 is 0 Å². The van der Waals surface area contributed by atoms with Gasteiger partial charge in [-0.05, 0) is 31.7 Å². The number of aliphatic hydroxyl groups is 1. The summed E-state index contributed by atoms with van der Waals surface area (Å²) in [6.07, 6.45) is 3.59. The molecule has 3 rings (SSSR count). The summed E-state index contributed by atoms with van der Waals surface area (Å²) in [5, 5.41) is 9.81. The molecule has 20 heavy (non-hydrogen) atoms. The zero-order valence-corrected chi connectivity index (χ0v) is 12.1. The van der Waals surface area contributed by atoms with Gasteiger partial charge in [-0.2, -0.15) is 0 Å². The molecule has 2 aliphatic heterocycles. The molecule has 2 heterocycles. The number of piperidine rings is 1. The molecular formula is C15H19FN2OS. The maximum Gasteiger partial charge on any atom is 0.137 e. The Bertz CT molecular complexity index is 523. The molecule has 1 aromatic rings. The zero-order chi connectivity index (χ0) is 14.3. The van der Waals surface area contributed by atoms with E-state index in [1.54, 1.807) is 18.2 Å². The van der Waals surface area contributed by atoms with Gasteiger partial charge in [0.1, 0.15) is 10.8 Å². The standard InChI is InChI=1S/C15H19FN2OS/c16-14-9(2-1-3-13(14)15(17)20)8-18-10-4-5-11(18)7-12(19)6-10/h1-3,10-12,19H,4-8H2,(H2,17,20). The maximum absolute atomic E-state index is 14.4. The first kappa shape index (κ1) is 13.9.